The van der Waals surface area contributed by atoms with Gasteiger partial charge in [-0.15, -0.1) is 0 Å². The second-order valence-corrected chi connectivity index (χ2v) is 10.9. The minimum atomic E-state index is -4.59. The van der Waals surface area contributed by atoms with Gasteiger partial charge >= 0.3 is 6.18 Å². The molecule has 1 amide bonds. The van der Waals surface area contributed by atoms with Gasteiger partial charge < -0.3 is 5.32 Å². The third kappa shape index (κ3) is 7.32. The number of hydrogen-bond acceptors (Lipinski definition) is 3. The maximum absolute atomic E-state index is 12.9. The molecule has 0 heterocycles. The molecule has 0 aliphatic carbocycles. The number of rotatable bonds is 7. The molecule has 5 nitrogen and oxygen atoms in total. The van der Waals surface area contributed by atoms with Crippen LogP contribution in [0.3, 0.4) is 0 Å². The Labute approximate surface area is 203 Å². The van der Waals surface area contributed by atoms with E-state index in [1.807, 2.05) is 12.1 Å². The van der Waals surface area contributed by atoms with Crippen molar-refractivity contribution in [1.29, 1.82) is 0 Å². The Morgan fingerprint density at radius 3 is 2.03 bits per heavy atom. The van der Waals surface area contributed by atoms with Gasteiger partial charge in [0.05, 0.1) is 10.5 Å². The second kappa shape index (κ2) is 10.1. The van der Waals surface area contributed by atoms with E-state index in [0.717, 1.165) is 23.8 Å². The maximum atomic E-state index is 12.9. The van der Waals surface area contributed by atoms with Crippen LogP contribution in [-0.2, 0) is 32.8 Å². The minimum absolute atomic E-state index is 0.0537. The van der Waals surface area contributed by atoms with Crippen LogP contribution in [0.1, 0.15) is 43.9 Å². The van der Waals surface area contributed by atoms with Gasteiger partial charge in [0.15, 0.2) is 0 Å². The predicted molar refractivity (Wildman–Crippen MR) is 131 cm³/mol. The normalized spacial score (nSPS) is 12.3. The van der Waals surface area contributed by atoms with E-state index >= 15 is 0 Å². The zero-order chi connectivity index (χ0) is 25.9. The highest BCUT2D eigenvalue weighted by Crippen LogP contribution is 2.31. The molecule has 0 spiro atoms. The fourth-order valence-electron chi connectivity index (χ4n) is 3.34. The lowest BCUT2D eigenvalue weighted by molar-refractivity contribution is -0.137. The summed E-state index contributed by atoms with van der Waals surface area (Å²) in [5.74, 6) is -0.220. The fourth-order valence-corrected chi connectivity index (χ4v) is 4.39. The average Bonchev–Trinajstić information content (AvgIpc) is 2.77. The van der Waals surface area contributed by atoms with Gasteiger partial charge in [-0.3, -0.25) is 9.52 Å². The monoisotopic (exact) mass is 504 g/mol. The van der Waals surface area contributed by atoms with Crippen molar-refractivity contribution in [3.05, 3.63) is 89.5 Å². The molecule has 0 saturated heterocycles. The molecule has 9 heteroatoms. The van der Waals surface area contributed by atoms with Crippen LogP contribution < -0.4 is 10.0 Å². The number of amides is 1. The zero-order valence-electron chi connectivity index (χ0n) is 19.6. The smallest absolute Gasteiger partial charge is 0.326 e. The van der Waals surface area contributed by atoms with Gasteiger partial charge in [0.25, 0.3) is 10.0 Å². The molecule has 0 radical (unpaired) electrons. The molecular formula is C26H27F3N2O3S. The third-order valence-corrected chi connectivity index (χ3v) is 6.75. The lowest BCUT2D eigenvalue weighted by atomic mass is 9.86. The van der Waals surface area contributed by atoms with Crippen molar-refractivity contribution in [2.45, 2.75) is 50.1 Å². The zero-order valence-corrected chi connectivity index (χ0v) is 20.4. The summed E-state index contributed by atoms with van der Waals surface area (Å²) in [6, 6.07) is 17.5. The maximum Gasteiger partial charge on any atom is 0.416 e. The lowest BCUT2D eigenvalue weighted by Crippen LogP contribution is -2.15. The molecule has 0 aromatic heterocycles. The summed E-state index contributed by atoms with van der Waals surface area (Å²) < 4.78 is 65.9. The molecule has 2 N–H and O–H groups in total. The van der Waals surface area contributed by atoms with Crippen LogP contribution in [0, 0.1) is 0 Å². The van der Waals surface area contributed by atoms with E-state index in [1.165, 1.54) is 35.9 Å². The summed E-state index contributed by atoms with van der Waals surface area (Å²) in [6.07, 6.45) is -3.77. The number of carbonyl (C=O) groups is 1. The van der Waals surface area contributed by atoms with Crippen LogP contribution >= 0.6 is 0 Å². The molecule has 0 aliphatic rings. The van der Waals surface area contributed by atoms with Crippen molar-refractivity contribution < 1.29 is 26.4 Å². The topological polar surface area (TPSA) is 75.3 Å². The molecule has 3 aromatic carbocycles. The van der Waals surface area contributed by atoms with E-state index in [2.05, 4.69) is 42.9 Å². The first kappa shape index (κ1) is 26.3. The predicted octanol–water partition coefficient (Wildman–Crippen LogP) is 6.38. The van der Waals surface area contributed by atoms with Gasteiger partial charge in [-0.05, 0) is 65.4 Å². The van der Waals surface area contributed by atoms with E-state index in [0.29, 0.717) is 12.1 Å². The molecule has 35 heavy (non-hydrogen) atoms. The summed E-state index contributed by atoms with van der Waals surface area (Å²) in [4.78, 5) is 12.2. The van der Waals surface area contributed by atoms with Gasteiger partial charge in [0.2, 0.25) is 5.91 Å². The quantitative estimate of drug-likeness (QED) is 0.392. The molecule has 0 saturated carbocycles. The van der Waals surface area contributed by atoms with Crippen molar-refractivity contribution in [3.8, 4) is 0 Å². The van der Waals surface area contributed by atoms with Crippen LogP contribution in [0.15, 0.2) is 77.7 Å². The molecule has 3 rings (SSSR count). The van der Waals surface area contributed by atoms with E-state index in [1.54, 1.807) is 0 Å². The summed E-state index contributed by atoms with van der Waals surface area (Å²) in [7, 11) is -4.11. The highest BCUT2D eigenvalue weighted by molar-refractivity contribution is 7.92. The fraction of sp³-hybridized carbons (Fsp3) is 0.269. The Balaban J connectivity index is 1.58. The van der Waals surface area contributed by atoms with Crippen LogP contribution in [0.5, 0.6) is 0 Å². The van der Waals surface area contributed by atoms with Crippen molar-refractivity contribution in [2.24, 2.45) is 0 Å². The Bertz CT molecular complexity index is 1280. The van der Waals surface area contributed by atoms with Crippen LogP contribution in [0.25, 0.3) is 0 Å². The standard InChI is InChI=1S/C26H27F3N2O3S/c1-25(2,3)19-10-7-18(8-11-19)9-16-24(32)30-21-12-14-23(15-13-21)35(33,34)31-22-6-4-5-20(17-22)26(27,28)29/h4-8,10-15,17,31H,9,16H2,1-3H3,(H,30,32). The van der Waals surface area contributed by atoms with Gasteiger partial charge in [0, 0.05) is 17.8 Å². The van der Waals surface area contributed by atoms with Crippen molar-refractivity contribution >= 4 is 27.3 Å². The Hall–Kier alpha value is -3.33. The second-order valence-electron chi connectivity index (χ2n) is 9.20. The SMILES string of the molecule is CC(C)(C)c1ccc(CCC(=O)Nc2ccc(S(=O)(=O)Nc3cccc(C(F)(F)F)c3)cc2)cc1. The number of benzene rings is 3. The molecule has 0 aliphatic heterocycles. The summed E-state index contributed by atoms with van der Waals surface area (Å²) in [5, 5.41) is 2.72. The largest absolute Gasteiger partial charge is 0.416 e. The van der Waals surface area contributed by atoms with E-state index < -0.39 is 21.8 Å². The van der Waals surface area contributed by atoms with Crippen LogP contribution in [0.4, 0.5) is 24.5 Å². The Kier molecular flexibility index (Phi) is 7.59. The number of alkyl halides is 3. The van der Waals surface area contributed by atoms with Crippen LogP contribution in [-0.4, -0.2) is 14.3 Å². The van der Waals surface area contributed by atoms with Crippen molar-refractivity contribution in [2.75, 3.05) is 10.0 Å². The summed E-state index contributed by atoms with van der Waals surface area (Å²) in [5.41, 5.74) is 1.56. The van der Waals surface area contributed by atoms with Crippen molar-refractivity contribution in [1.82, 2.24) is 0 Å². The number of nitrogens with one attached hydrogen (secondary N) is 2. The first-order valence-electron chi connectivity index (χ1n) is 10.9. The van der Waals surface area contributed by atoms with E-state index in [-0.39, 0.29) is 28.3 Å². The minimum Gasteiger partial charge on any atom is -0.326 e. The van der Waals surface area contributed by atoms with E-state index in [4.69, 9.17) is 0 Å². The number of halogens is 3. The number of carbonyl (C=O) groups excluding carboxylic acids is 1. The highest BCUT2D eigenvalue weighted by atomic mass is 32.2. The Morgan fingerprint density at radius 1 is 0.829 bits per heavy atom. The molecule has 0 fully saturated rings. The van der Waals surface area contributed by atoms with Crippen LogP contribution in [0.2, 0.25) is 0 Å². The van der Waals surface area contributed by atoms with Gasteiger partial charge in [-0.1, -0.05) is 51.1 Å². The highest BCUT2D eigenvalue weighted by Gasteiger charge is 2.30. The first-order valence-corrected chi connectivity index (χ1v) is 12.4. The molecule has 0 atom stereocenters. The molecule has 3 aromatic rings. The van der Waals surface area contributed by atoms with Gasteiger partial charge in [-0.25, -0.2) is 8.42 Å². The van der Waals surface area contributed by atoms with E-state index in [9.17, 15) is 26.4 Å². The summed E-state index contributed by atoms with van der Waals surface area (Å²) in [6.45, 7) is 6.40. The first-order chi connectivity index (χ1) is 16.2. The molecule has 0 unspecified atom stereocenters. The molecule has 0 bridgehead atoms. The molecule has 186 valence electrons. The number of sulfonamides is 1. The van der Waals surface area contributed by atoms with Gasteiger partial charge in [0.1, 0.15) is 0 Å². The van der Waals surface area contributed by atoms with Gasteiger partial charge in [-0.2, -0.15) is 13.2 Å². The third-order valence-electron chi connectivity index (χ3n) is 5.35. The average molecular weight is 505 g/mol. The Morgan fingerprint density at radius 2 is 1.46 bits per heavy atom. The number of aryl methyl sites for hydroxylation is 1. The number of hydrogen-bond donors (Lipinski definition) is 2. The van der Waals surface area contributed by atoms with Crippen molar-refractivity contribution in [3.63, 3.8) is 0 Å². The summed E-state index contributed by atoms with van der Waals surface area (Å²) >= 11 is 0. The lowest BCUT2D eigenvalue weighted by Gasteiger charge is -2.19. The number of anilines is 2. The molecular weight excluding hydrogens is 477 g/mol.